The van der Waals surface area contributed by atoms with Crippen LogP contribution in [0, 0.1) is 11.3 Å². The van der Waals surface area contributed by atoms with Crippen LogP contribution < -0.4 is 4.90 Å². The third kappa shape index (κ3) is 3.08. The molecule has 6 heteroatoms. The Hall–Kier alpha value is -2.03. The Morgan fingerprint density at radius 1 is 1.36 bits per heavy atom. The number of nitrogens with zero attached hydrogens (tertiary/aromatic N) is 4. The van der Waals surface area contributed by atoms with E-state index in [1.807, 2.05) is 9.80 Å². The third-order valence-corrected chi connectivity index (χ3v) is 4.32. The molecule has 1 amide bonds. The van der Waals surface area contributed by atoms with Gasteiger partial charge in [-0.1, -0.05) is 13.3 Å². The molecule has 3 rings (SSSR count). The van der Waals surface area contributed by atoms with Crippen molar-refractivity contribution in [2.75, 3.05) is 31.1 Å². The Labute approximate surface area is 130 Å². The van der Waals surface area contributed by atoms with Crippen LogP contribution >= 0.6 is 0 Å². The van der Waals surface area contributed by atoms with Crippen molar-refractivity contribution in [3.63, 3.8) is 0 Å². The first-order chi connectivity index (χ1) is 10.7. The molecule has 0 aromatic carbocycles. The van der Waals surface area contributed by atoms with Gasteiger partial charge in [0.15, 0.2) is 0 Å². The van der Waals surface area contributed by atoms with Gasteiger partial charge in [-0.25, -0.2) is 4.98 Å². The summed E-state index contributed by atoms with van der Waals surface area (Å²) in [7, 11) is 0. The van der Waals surface area contributed by atoms with Gasteiger partial charge in [-0.2, -0.15) is 5.26 Å². The average Bonchev–Trinajstić information content (AvgIpc) is 3.32. The second kappa shape index (κ2) is 6.39. The lowest BCUT2D eigenvalue weighted by Gasteiger charge is -2.34. The summed E-state index contributed by atoms with van der Waals surface area (Å²) in [6, 6.07) is 2.13. The van der Waals surface area contributed by atoms with Crippen molar-refractivity contribution in [2.45, 2.75) is 44.9 Å². The van der Waals surface area contributed by atoms with Gasteiger partial charge in [-0.3, -0.25) is 4.79 Å². The summed E-state index contributed by atoms with van der Waals surface area (Å²) in [5.74, 6) is 1.93. The minimum Gasteiger partial charge on any atom is -0.423 e. The predicted octanol–water partition coefficient (Wildman–Crippen LogP) is 2.26. The molecule has 1 aliphatic heterocycles. The minimum absolute atomic E-state index is 0.234. The largest absolute Gasteiger partial charge is 0.423 e. The molecule has 0 atom stereocenters. The van der Waals surface area contributed by atoms with E-state index in [2.05, 4.69) is 18.0 Å². The summed E-state index contributed by atoms with van der Waals surface area (Å²) < 4.78 is 5.82. The summed E-state index contributed by atoms with van der Waals surface area (Å²) in [5.41, 5.74) is 0.382. The fourth-order valence-electron chi connectivity index (χ4n) is 2.77. The van der Waals surface area contributed by atoms with E-state index in [0.29, 0.717) is 56.0 Å². The van der Waals surface area contributed by atoms with E-state index < -0.39 is 0 Å². The Kier molecular flexibility index (Phi) is 4.32. The molecule has 22 heavy (non-hydrogen) atoms. The summed E-state index contributed by atoms with van der Waals surface area (Å²) in [5, 5.41) is 9.24. The summed E-state index contributed by atoms with van der Waals surface area (Å²) >= 11 is 0. The minimum atomic E-state index is 0.234. The smallest absolute Gasteiger partial charge is 0.234 e. The Bertz CT molecular complexity index is 577. The molecular formula is C16H22N4O2. The molecule has 0 bridgehead atoms. The van der Waals surface area contributed by atoms with Crippen LogP contribution in [-0.2, 0) is 4.79 Å². The number of oxazole rings is 1. The Balaban J connectivity index is 1.61. The highest BCUT2D eigenvalue weighted by Crippen LogP contribution is 2.41. The highest BCUT2D eigenvalue weighted by Gasteiger charge is 2.32. The van der Waals surface area contributed by atoms with Crippen molar-refractivity contribution in [3.8, 4) is 6.07 Å². The van der Waals surface area contributed by atoms with Gasteiger partial charge in [0.1, 0.15) is 6.07 Å². The number of anilines is 1. The number of carbonyl (C=O) groups is 1. The second-order valence-electron chi connectivity index (χ2n) is 6.06. The maximum absolute atomic E-state index is 12.0. The topological polar surface area (TPSA) is 73.4 Å². The van der Waals surface area contributed by atoms with Crippen LogP contribution in [0.15, 0.2) is 4.42 Å². The normalized spacial score (nSPS) is 18.4. The van der Waals surface area contributed by atoms with Crippen LogP contribution in [0.2, 0.25) is 0 Å². The quantitative estimate of drug-likeness (QED) is 0.834. The maximum Gasteiger partial charge on any atom is 0.234 e. The van der Waals surface area contributed by atoms with E-state index in [0.717, 1.165) is 25.7 Å². The molecular weight excluding hydrogens is 280 g/mol. The number of amides is 1. The highest BCUT2D eigenvalue weighted by atomic mass is 16.4. The number of rotatable bonds is 5. The van der Waals surface area contributed by atoms with Crippen LogP contribution in [0.3, 0.4) is 0 Å². The molecule has 1 aromatic heterocycles. The van der Waals surface area contributed by atoms with Gasteiger partial charge in [0, 0.05) is 38.5 Å². The molecule has 1 aromatic rings. The van der Waals surface area contributed by atoms with Crippen LogP contribution in [0.25, 0.3) is 0 Å². The lowest BCUT2D eigenvalue weighted by Crippen LogP contribution is -2.48. The lowest BCUT2D eigenvalue weighted by atomic mass is 10.2. The van der Waals surface area contributed by atoms with Gasteiger partial charge >= 0.3 is 0 Å². The van der Waals surface area contributed by atoms with E-state index >= 15 is 0 Å². The third-order valence-electron chi connectivity index (χ3n) is 4.32. The molecule has 0 unspecified atom stereocenters. The molecule has 6 nitrogen and oxygen atoms in total. The van der Waals surface area contributed by atoms with Crippen LogP contribution in [0.1, 0.15) is 56.5 Å². The number of hydrogen-bond acceptors (Lipinski definition) is 5. The fourth-order valence-corrected chi connectivity index (χ4v) is 2.77. The van der Waals surface area contributed by atoms with Crippen LogP contribution in [-0.4, -0.2) is 42.0 Å². The molecule has 2 fully saturated rings. The fraction of sp³-hybridized carbons (Fsp3) is 0.688. The predicted molar refractivity (Wildman–Crippen MR) is 81.5 cm³/mol. The Morgan fingerprint density at radius 2 is 2.09 bits per heavy atom. The van der Waals surface area contributed by atoms with Crippen LogP contribution in [0.5, 0.6) is 0 Å². The van der Waals surface area contributed by atoms with Gasteiger partial charge in [0.2, 0.25) is 23.4 Å². The van der Waals surface area contributed by atoms with E-state index in [1.54, 1.807) is 0 Å². The lowest BCUT2D eigenvalue weighted by molar-refractivity contribution is -0.131. The first-order valence-electron chi connectivity index (χ1n) is 8.16. The molecule has 1 saturated heterocycles. The molecule has 0 N–H and O–H groups in total. The summed E-state index contributed by atoms with van der Waals surface area (Å²) in [6.45, 7) is 4.87. The molecule has 2 heterocycles. The van der Waals surface area contributed by atoms with Gasteiger partial charge in [0.05, 0.1) is 0 Å². The number of hydrogen-bond donors (Lipinski definition) is 0. The van der Waals surface area contributed by atoms with Crippen molar-refractivity contribution in [1.29, 1.82) is 5.26 Å². The summed E-state index contributed by atoms with van der Waals surface area (Å²) in [6.07, 6.45) is 4.83. The van der Waals surface area contributed by atoms with E-state index in [1.165, 1.54) is 0 Å². The first kappa shape index (κ1) is 14.9. The monoisotopic (exact) mass is 302 g/mol. The number of aromatic nitrogens is 1. The number of nitriles is 1. The van der Waals surface area contributed by atoms with Gasteiger partial charge in [-0.05, 0) is 19.3 Å². The maximum atomic E-state index is 12.0. The zero-order valence-corrected chi connectivity index (χ0v) is 13.0. The van der Waals surface area contributed by atoms with Crippen molar-refractivity contribution in [2.24, 2.45) is 0 Å². The molecule has 2 aliphatic rings. The molecule has 1 saturated carbocycles. The van der Waals surface area contributed by atoms with Gasteiger partial charge < -0.3 is 14.2 Å². The van der Waals surface area contributed by atoms with E-state index in [9.17, 15) is 10.1 Å². The zero-order valence-electron chi connectivity index (χ0n) is 13.0. The van der Waals surface area contributed by atoms with Crippen molar-refractivity contribution in [1.82, 2.24) is 9.88 Å². The van der Waals surface area contributed by atoms with Gasteiger partial charge in [-0.15, -0.1) is 0 Å². The molecule has 0 spiro atoms. The number of unbranched alkanes of at least 4 members (excludes halogenated alkanes) is 1. The first-order valence-corrected chi connectivity index (χ1v) is 8.16. The summed E-state index contributed by atoms with van der Waals surface area (Å²) in [4.78, 5) is 20.3. The highest BCUT2D eigenvalue weighted by molar-refractivity contribution is 5.76. The standard InChI is InChI=1S/C16H22N4O2/c1-2-3-4-14(21)19-7-9-20(10-8-19)16-13(11-17)18-15(22-16)12-5-6-12/h12H,2-10H2,1H3. The molecule has 0 radical (unpaired) electrons. The van der Waals surface area contributed by atoms with Crippen molar-refractivity contribution >= 4 is 11.8 Å². The van der Waals surface area contributed by atoms with Crippen molar-refractivity contribution < 1.29 is 9.21 Å². The second-order valence-corrected chi connectivity index (χ2v) is 6.06. The SMILES string of the molecule is CCCCC(=O)N1CCN(c2oc(C3CC3)nc2C#N)CC1. The Morgan fingerprint density at radius 3 is 2.68 bits per heavy atom. The molecule has 1 aliphatic carbocycles. The van der Waals surface area contributed by atoms with Crippen LogP contribution in [0.4, 0.5) is 5.88 Å². The molecule has 118 valence electrons. The number of piperazine rings is 1. The average molecular weight is 302 g/mol. The van der Waals surface area contributed by atoms with Gasteiger partial charge in [0.25, 0.3) is 0 Å². The van der Waals surface area contributed by atoms with Crippen molar-refractivity contribution in [3.05, 3.63) is 11.6 Å². The van der Waals surface area contributed by atoms with E-state index in [4.69, 9.17) is 4.42 Å². The number of carbonyl (C=O) groups excluding carboxylic acids is 1. The zero-order chi connectivity index (χ0) is 15.5. The van der Waals surface area contributed by atoms with E-state index in [-0.39, 0.29) is 5.91 Å².